The highest BCUT2D eigenvalue weighted by Gasteiger charge is 2.33. The third-order valence-electron chi connectivity index (χ3n) is 3.91. The highest BCUT2D eigenvalue weighted by atomic mass is 16.5. The van der Waals surface area contributed by atoms with Crippen molar-refractivity contribution in [1.82, 2.24) is 0 Å². The average molecular weight is 293 g/mol. The summed E-state index contributed by atoms with van der Waals surface area (Å²) >= 11 is 0. The number of carbonyl (C=O) groups excluding carboxylic acids is 1. The fourth-order valence-electron chi connectivity index (χ4n) is 2.76. The number of aliphatic imine (C=N–C) groups is 1. The normalized spacial score (nSPS) is 20.5. The minimum atomic E-state index is -0.364. The minimum absolute atomic E-state index is 0.230. The summed E-state index contributed by atoms with van der Waals surface area (Å²) in [6, 6.07) is 19.3. The summed E-state index contributed by atoms with van der Waals surface area (Å²) in [5, 5.41) is 0. The van der Waals surface area contributed by atoms with E-state index in [1.54, 1.807) is 12.1 Å². The second kappa shape index (κ2) is 6.14. The Bertz CT molecular complexity index is 679. The topological polar surface area (TPSA) is 38.7 Å². The van der Waals surface area contributed by atoms with Gasteiger partial charge in [0.15, 0.2) is 0 Å². The lowest BCUT2D eigenvalue weighted by Gasteiger charge is -2.18. The number of benzene rings is 2. The van der Waals surface area contributed by atoms with E-state index in [1.165, 1.54) is 0 Å². The van der Waals surface area contributed by atoms with Gasteiger partial charge in [-0.05, 0) is 37.5 Å². The SMILES string of the molecule is CC1(CC(=O)Oc2ccccc2)CCC(c2ccccc2)=N1. The number of ether oxygens (including phenoxy) is 1. The Morgan fingerprint density at radius 3 is 2.41 bits per heavy atom. The van der Waals surface area contributed by atoms with Crippen molar-refractivity contribution >= 4 is 11.7 Å². The van der Waals surface area contributed by atoms with Gasteiger partial charge in [0.1, 0.15) is 5.75 Å². The summed E-state index contributed by atoms with van der Waals surface area (Å²) in [4.78, 5) is 16.9. The number of rotatable bonds is 4. The van der Waals surface area contributed by atoms with Crippen LogP contribution in [0.1, 0.15) is 31.7 Å². The van der Waals surface area contributed by atoms with Crippen molar-refractivity contribution in [3.05, 3.63) is 66.2 Å². The van der Waals surface area contributed by atoms with E-state index in [0.29, 0.717) is 12.2 Å². The van der Waals surface area contributed by atoms with Crippen LogP contribution in [-0.4, -0.2) is 17.2 Å². The summed E-state index contributed by atoms with van der Waals surface area (Å²) in [6.45, 7) is 2.02. The van der Waals surface area contributed by atoms with Gasteiger partial charge in [0, 0.05) is 5.71 Å². The summed E-state index contributed by atoms with van der Waals surface area (Å²) in [5.41, 5.74) is 1.86. The molecule has 0 spiro atoms. The number of carbonyl (C=O) groups is 1. The van der Waals surface area contributed by atoms with E-state index in [2.05, 4.69) is 12.1 Å². The molecule has 1 aliphatic heterocycles. The van der Waals surface area contributed by atoms with E-state index in [-0.39, 0.29) is 11.5 Å². The summed E-state index contributed by atoms with van der Waals surface area (Å²) in [7, 11) is 0. The first kappa shape index (κ1) is 14.5. The second-order valence-corrected chi connectivity index (χ2v) is 5.89. The van der Waals surface area contributed by atoms with Crippen LogP contribution in [0.2, 0.25) is 0 Å². The van der Waals surface area contributed by atoms with Gasteiger partial charge < -0.3 is 4.74 Å². The Hall–Kier alpha value is -2.42. The predicted molar refractivity (Wildman–Crippen MR) is 87.3 cm³/mol. The van der Waals surface area contributed by atoms with E-state index in [0.717, 1.165) is 24.1 Å². The average Bonchev–Trinajstić information content (AvgIpc) is 2.91. The van der Waals surface area contributed by atoms with Crippen LogP contribution in [0.25, 0.3) is 0 Å². The Balaban J connectivity index is 1.67. The Morgan fingerprint density at radius 2 is 1.73 bits per heavy atom. The molecule has 1 aliphatic rings. The first-order chi connectivity index (χ1) is 10.6. The predicted octanol–water partition coefficient (Wildman–Crippen LogP) is 4.02. The number of esters is 1. The molecule has 0 amide bonds. The molecule has 3 nitrogen and oxygen atoms in total. The van der Waals surface area contributed by atoms with E-state index in [1.807, 2.05) is 43.3 Å². The molecule has 0 saturated carbocycles. The Morgan fingerprint density at radius 1 is 1.09 bits per heavy atom. The lowest BCUT2D eigenvalue weighted by atomic mass is 9.95. The first-order valence-corrected chi connectivity index (χ1v) is 7.55. The monoisotopic (exact) mass is 293 g/mol. The van der Waals surface area contributed by atoms with Crippen LogP contribution in [0.4, 0.5) is 0 Å². The van der Waals surface area contributed by atoms with E-state index in [4.69, 9.17) is 9.73 Å². The summed E-state index contributed by atoms with van der Waals surface area (Å²) < 4.78 is 5.37. The molecule has 2 aromatic rings. The van der Waals surface area contributed by atoms with Crippen molar-refractivity contribution in [1.29, 1.82) is 0 Å². The molecule has 0 bridgehead atoms. The first-order valence-electron chi connectivity index (χ1n) is 7.55. The van der Waals surface area contributed by atoms with Crippen molar-refractivity contribution in [2.75, 3.05) is 0 Å². The maximum atomic E-state index is 12.1. The van der Waals surface area contributed by atoms with Gasteiger partial charge in [-0.2, -0.15) is 0 Å². The molecule has 1 atom stereocenters. The Labute approximate surface area is 130 Å². The molecule has 0 N–H and O–H groups in total. The number of hydrogen-bond donors (Lipinski definition) is 0. The maximum absolute atomic E-state index is 12.1. The highest BCUT2D eigenvalue weighted by molar-refractivity contribution is 6.02. The summed E-state index contributed by atoms with van der Waals surface area (Å²) in [5.74, 6) is 0.355. The van der Waals surface area contributed by atoms with Crippen LogP contribution in [-0.2, 0) is 4.79 Å². The molecular formula is C19H19NO2. The molecular weight excluding hydrogens is 274 g/mol. The fraction of sp³-hybridized carbons (Fsp3) is 0.263. The van der Waals surface area contributed by atoms with Crippen LogP contribution in [0, 0.1) is 0 Å². The van der Waals surface area contributed by atoms with Gasteiger partial charge in [-0.25, -0.2) is 0 Å². The van der Waals surface area contributed by atoms with Crippen molar-refractivity contribution in [2.45, 2.75) is 31.7 Å². The lowest BCUT2D eigenvalue weighted by Crippen LogP contribution is -2.25. The third kappa shape index (κ3) is 3.42. The summed E-state index contributed by atoms with van der Waals surface area (Å²) in [6.07, 6.45) is 2.08. The van der Waals surface area contributed by atoms with Gasteiger partial charge in [0.2, 0.25) is 0 Å². The highest BCUT2D eigenvalue weighted by Crippen LogP contribution is 2.31. The van der Waals surface area contributed by atoms with Crippen LogP contribution in [0.3, 0.4) is 0 Å². The van der Waals surface area contributed by atoms with Gasteiger partial charge in [-0.15, -0.1) is 0 Å². The molecule has 0 radical (unpaired) electrons. The third-order valence-corrected chi connectivity index (χ3v) is 3.91. The molecule has 112 valence electrons. The number of nitrogens with zero attached hydrogens (tertiary/aromatic N) is 1. The minimum Gasteiger partial charge on any atom is -0.426 e. The van der Waals surface area contributed by atoms with Crippen LogP contribution >= 0.6 is 0 Å². The molecule has 3 heteroatoms. The molecule has 1 unspecified atom stereocenters. The second-order valence-electron chi connectivity index (χ2n) is 5.89. The molecule has 0 aromatic heterocycles. The van der Waals surface area contributed by atoms with Gasteiger partial charge in [0.05, 0.1) is 12.0 Å². The lowest BCUT2D eigenvalue weighted by molar-refractivity contribution is -0.135. The van der Waals surface area contributed by atoms with E-state index < -0.39 is 0 Å². The van der Waals surface area contributed by atoms with E-state index >= 15 is 0 Å². The van der Waals surface area contributed by atoms with Crippen molar-refractivity contribution in [3.8, 4) is 5.75 Å². The van der Waals surface area contributed by atoms with Crippen molar-refractivity contribution in [2.24, 2.45) is 4.99 Å². The zero-order valence-electron chi connectivity index (χ0n) is 12.7. The smallest absolute Gasteiger partial charge is 0.313 e. The standard InChI is InChI=1S/C19H19NO2/c1-19(14-18(21)22-16-10-6-3-7-11-16)13-12-17(20-19)15-8-4-2-5-9-15/h2-11H,12-14H2,1H3. The molecule has 0 saturated heterocycles. The van der Waals surface area contributed by atoms with Gasteiger partial charge >= 0.3 is 5.97 Å². The molecule has 2 aromatic carbocycles. The fourth-order valence-corrected chi connectivity index (χ4v) is 2.76. The van der Waals surface area contributed by atoms with Crippen molar-refractivity contribution in [3.63, 3.8) is 0 Å². The van der Waals surface area contributed by atoms with Gasteiger partial charge in [-0.3, -0.25) is 9.79 Å². The maximum Gasteiger partial charge on any atom is 0.313 e. The van der Waals surface area contributed by atoms with E-state index in [9.17, 15) is 4.79 Å². The van der Waals surface area contributed by atoms with Crippen LogP contribution in [0.15, 0.2) is 65.7 Å². The van der Waals surface area contributed by atoms with Crippen LogP contribution < -0.4 is 4.74 Å². The largest absolute Gasteiger partial charge is 0.426 e. The molecule has 3 rings (SSSR count). The van der Waals surface area contributed by atoms with Gasteiger partial charge in [0.25, 0.3) is 0 Å². The molecule has 0 fully saturated rings. The van der Waals surface area contributed by atoms with Gasteiger partial charge in [-0.1, -0.05) is 48.5 Å². The number of hydrogen-bond acceptors (Lipinski definition) is 3. The van der Waals surface area contributed by atoms with Crippen LogP contribution in [0.5, 0.6) is 5.75 Å². The molecule has 22 heavy (non-hydrogen) atoms. The molecule has 0 aliphatic carbocycles. The zero-order chi connectivity index (χ0) is 15.4. The van der Waals surface area contributed by atoms with Crippen molar-refractivity contribution < 1.29 is 9.53 Å². The molecule has 1 heterocycles. The quantitative estimate of drug-likeness (QED) is 0.630. The zero-order valence-corrected chi connectivity index (χ0v) is 12.7. The number of para-hydroxylation sites is 1. The Kier molecular flexibility index (Phi) is 4.05.